The predicted molar refractivity (Wildman–Crippen MR) is 122 cm³/mol. The van der Waals surface area contributed by atoms with E-state index < -0.39 is 0 Å². The fourth-order valence-corrected chi connectivity index (χ4v) is 6.58. The van der Waals surface area contributed by atoms with Gasteiger partial charge in [0.25, 0.3) is 0 Å². The van der Waals surface area contributed by atoms with E-state index in [1.807, 2.05) is 0 Å². The Labute approximate surface area is 186 Å². The van der Waals surface area contributed by atoms with Crippen LogP contribution in [0.25, 0.3) is 0 Å². The van der Waals surface area contributed by atoms with Crippen molar-refractivity contribution < 1.29 is 9.59 Å². The molecule has 1 N–H and O–H groups in total. The minimum atomic E-state index is -0.292. The van der Waals surface area contributed by atoms with E-state index in [-0.39, 0.29) is 22.8 Å². The number of fused-ring (bicyclic) bond motifs is 2. The van der Waals surface area contributed by atoms with Crippen molar-refractivity contribution in [2.75, 3.05) is 26.2 Å². The number of hydrogen-bond donors (Lipinski definition) is 1. The van der Waals surface area contributed by atoms with Gasteiger partial charge in [0, 0.05) is 43.7 Å². The molecule has 4 fully saturated rings. The zero-order valence-electron chi connectivity index (χ0n) is 19.3. The van der Waals surface area contributed by atoms with Gasteiger partial charge in [-0.25, -0.2) is 0 Å². The maximum Gasteiger partial charge on any atom is 0.233 e. The average molecular weight is 424 g/mol. The standard InChI is InChI=1S/C26H37N3O2/c1-4-5-19(3)29-16-21-22(17-29)26(27-23(21)30)12-14-28(15-13-26)24(31)25(10-11-25)20-8-6-18(2)7-9-20/h6-9,19,21-22H,4-5,10-17H2,1-3H3,(H,27,30)/t19?,21-,22+/m1/s1. The van der Waals surface area contributed by atoms with E-state index in [9.17, 15) is 9.59 Å². The van der Waals surface area contributed by atoms with Crippen LogP contribution in [0.3, 0.4) is 0 Å². The molecule has 0 bridgehead atoms. The predicted octanol–water partition coefficient (Wildman–Crippen LogP) is 3.25. The highest BCUT2D eigenvalue weighted by molar-refractivity contribution is 5.91. The Balaban J connectivity index is 1.26. The van der Waals surface area contributed by atoms with Gasteiger partial charge in [0.15, 0.2) is 0 Å². The van der Waals surface area contributed by atoms with E-state index in [0.717, 1.165) is 51.9 Å². The first-order valence-electron chi connectivity index (χ1n) is 12.3. The Kier molecular flexibility index (Phi) is 5.16. The second kappa shape index (κ2) is 7.61. The van der Waals surface area contributed by atoms with E-state index in [2.05, 4.69) is 60.2 Å². The first kappa shape index (κ1) is 21.0. The highest BCUT2D eigenvalue weighted by Gasteiger charge is 2.59. The van der Waals surface area contributed by atoms with Crippen molar-refractivity contribution in [2.45, 2.75) is 76.3 Å². The highest BCUT2D eigenvalue weighted by atomic mass is 16.2. The maximum atomic E-state index is 13.5. The van der Waals surface area contributed by atoms with Gasteiger partial charge in [-0.3, -0.25) is 14.5 Å². The summed E-state index contributed by atoms with van der Waals surface area (Å²) in [6, 6.07) is 9.06. The van der Waals surface area contributed by atoms with Crippen molar-refractivity contribution >= 4 is 11.8 Å². The summed E-state index contributed by atoms with van der Waals surface area (Å²) in [6.07, 6.45) is 6.09. The minimum absolute atomic E-state index is 0.111. The van der Waals surface area contributed by atoms with E-state index >= 15 is 0 Å². The molecule has 3 atom stereocenters. The summed E-state index contributed by atoms with van der Waals surface area (Å²) in [4.78, 5) is 31.0. The van der Waals surface area contributed by atoms with Gasteiger partial charge in [0.05, 0.1) is 11.3 Å². The molecule has 0 aromatic heterocycles. The highest BCUT2D eigenvalue weighted by Crippen LogP contribution is 2.51. The Morgan fingerprint density at radius 3 is 2.42 bits per heavy atom. The molecule has 3 aliphatic heterocycles. The second-order valence-corrected chi connectivity index (χ2v) is 10.7. The molecule has 3 saturated heterocycles. The number of piperidine rings is 1. The van der Waals surface area contributed by atoms with Crippen molar-refractivity contribution in [1.29, 1.82) is 0 Å². The topological polar surface area (TPSA) is 52.7 Å². The normalized spacial score (nSPS) is 29.6. The summed E-state index contributed by atoms with van der Waals surface area (Å²) < 4.78 is 0. The van der Waals surface area contributed by atoms with Crippen LogP contribution < -0.4 is 5.32 Å². The number of likely N-dealkylation sites (tertiary alicyclic amines) is 2. The monoisotopic (exact) mass is 423 g/mol. The quantitative estimate of drug-likeness (QED) is 0.791. The van der Waals surface area contributed by atoms with Crippen molar-refractivity contribution in [3.05, 3.63) is 35.4 Å². The molecular formula is C26H37N3O2. The van der Waals surface area contributed by atoms with E-state index in [1.54, 1.807) is 0 Å². The largest absolute Gasteiger partial charge is 0.350 e. The van der Waals surface area contributed by atoms with Gasteiger partial charge in [0.1, 0.15) is 0 Å². The molecule has 1 unspecified atom stereocenters. The molecule has 1 aromatic rings. The molecule has 1 aliphatic carbocycles. The number of rotatable bonds is 5. The van der Waals surface area contributed by atoms with Crippen LogP contribution in [0, 0.1) is 18.8 Å². The van der Waals surface area contributed by atoms with Crippen LogP contribution in [0.1, 0.15) is 63.5 Å². The lowest BCUT2D eigenvalue weighted by Crippen LogP contribution is -2.57. The molecule has 5 heteroatoms. The van der Waals surface area contributed by atoms with Crippen molar-refractivity contribution in [3.8, 4) is 0 Å². The van der Waals surface area contributed by atoms with Gasteiger partial charge in [-0.15, -0.1) is 0 Å². The fourth-order valence-electron chi connectivity index (χ4n) is 6.58. The number of aryl methyl sites for hydroxylation is 1. The Bertz CT molecular complexity index is 852. The number of nitrogens with one attached hydrogen (secondary N) is 1. The number of benzene rings is 1. The van der Waals surface area contributed by atoms with Crippen LogP contribution in [-0.2, 0) is 15.0 Å². The number of hydrogen-bond acceptors (Lipinski definition) is 3. The Morgan fingerprint density at radius 1 is 1.13 bits per heavy atom. The van der Waals surface area contributed by atoms with E-state index in [1.165, 1.54) is 24.0 Å². The lowest BCUT2D eigenvalue weighted by Gasteiger charge is -2.44. The van der Waals surface area contributed by atoms with Crippen LogP contribution in [0.5, 0.6) is 0 Å². The molecule has 1 aromatic carbocycles. The number of amides is 2. The van der Waals surface area contributed by atoms with Crippen LogP contribution >= 0.6 is 0 Å². The van der Waals surface area contributed by atoms with Crippen molar-refractivity contribution in [3.63, 3.8) is 0 Å². The molecule has 0 radical (unpaired) electrons. The third kappa shape index (κ3) is 3.40. The van der Waals surface area contributed by atoms with Gasteiger partial charge < -0.3 is 10.2 Å². The van der Waals surface area contributed by atoms with Gasteiger partial charge in [-0.05, 0) is 51.5 Å². The summed E-state index contributed by atoms with van der Waals surface area (Å²) >= 11 is 0. The van der Waals surface area contributed by atoms with Gasteiger partial charge >= 0.3 is 0 Å². The molecule has 168 valence electrons. The second-order valence-electron chi connectivity index (χ2n) is 10.7. The third-order valence-corrected chi connectivity index (χ3v) is 8.80. The number of nitrogens with zero attached hydrogens (tertiary/aromatic N) is 2. The Hall–Kier alpha value is -1.88. The molecule has 1 spiro atoms. The van der Waals surface area contributed by atoms with Gasteiger partial charge in [-0.2, -0.15) is 0 Å². The van der Waals surface area contributed by atoms with Crippen LogP contribution in [0.2, 0.25) is 0 Å². The molecule has 2 amide bonds. The van der Waals surface area contributed by atoms with Gasteiger partial charge in [0.2, 0.25) is 11.8 Å². The zero-order chi connectivity index (χ0) is 21.8. The minimum Gasteiger partial charge on any atom is -0.350 e. The molecule has 3 heterocycles. The molecule has 1 saturated carbocycles. The van der Waals surface area contributed by atoms with E-state index in [0.29, 0.717) is 17.9 Å². The summed E-state index contributed by atoms with van der Waals surface area (Å²) in [5.41, 5.74) is 2.01. The summed E-state index contributed by atoms with van der Waals surface area (Å²) in [5.74, 6) is 1.07. The molecule has 5 nitrogen and oxygen atoms in total. The third-order valence-electron chi connectivity index (χ3n) is 8.80. The molecule has 31 heavy (non-hydrogen) atoms. The molecular weight excluding hydrogens is 386 g/mol. The van der Waals surface area contributed by atoms with E-state index in [4.69, 9.17) is 0 Å². The lowest BCUT2D eigenvalue weighted by atomic mass is 9.75. The SMILES string of the molecule is CCCC(C)N1C[C@H]2C(=O)NC3(CCN(C(=O)C4(c5ccc(C)cc5)CC4)CC3)[C@H]2C1. The number of carbonyl (C=O) groups is 2. The lowest BCUT2D eigenvalue weighted by molar-refractivity contribution is -0.136. The van der Waals surface area contributed by atoms with Crippen molar-refractivity contribution in [1.82, 2.24) is 15.1 Å². The summed E-state index contributed by atoms with van der Waals surface area (Å²) in [6.45, 7) is 10.1. The van der Waals surface area contributed by atoms with Crippen LogP contribution in [0.4, 0.5) is 0 Å². The smallest absolute Gasteiger partial charge is 0.233 e. The van der Waals surface area contributed by atoms with Crippen LogP contribution in [0.15, 0.2) is 24.3 Å². The fraction of sp³-hybridized carbons (Fsp3) is 0.692. The summed E-state index contributed by atoms with van der Waals surface area (Å²) in [7, 11) is 0. The molecule has 4 aliphatic rings. The number of carbonyl (C=O) groups excluding carboxylic acids is 2. The zero-order valence-corrected chi connectivity index (χ0v) is 19.3. The Morgan fingerprint density at radius 2 is 1.81 bits per heavy atom. The summed E-state index contributed by atoms with van der Waals surface area (Å²) in [5, 5.41) is 3.41. The molecule has 5 rings (SSSR count). The maximum absolute atomic E-state index is 13.5. The van der Waals surface area contributed by atoms with Crippen molar-refractivity contribution in [2.24, 2.45) is 11.8 Å². The first-order chi connectivity index (χ1) is 14.9. The average Bonchev–Trinajstić information content (AvgIpc) is 3.37. The van der Waals surface area contributed by atoms with Gasteiger partial charge in [-0.1, -0.05) is 43.2 Å². The first-order valence-corrected chi connectivity index (χ1v) is 12.3. The van der Waals surface area contributed by atoms with Crippen LogP contribution in [-0.4, -0.2) is 59.4 Å².